The molecular weight excluding hydrogens is 274 g/mol. The fourth-order valence-corrected chi connectivity index (χ4v) is 2.80. The number of hydrogen-bond donors (Lipinski definition) is 3. The van der Waals surface area contributed by atoms with E-state index in [0.29, 0.717) is 10.8 Å². The van der Waals surface area contributed by atoms with E-state index in [-0.39, 0.29) is 11.4 Å². The Kier molecular flexibility index (Phi) is 3.03. The van der Waals surface area contributed by atoms with E-state index in [1.54, 1.807) is 12.4 Å². The van der Waals surface area contributed by atoms with Crippen molar-refractivity contribution in [2.24, 2.45) is 0 Å². The zero-order valence-corrected chi connectivity index (χ0v) is 11.1. The second kappa shape index (κ2) is 4.86. The SMILES string of the molecule is Nc1cc(=O)[nH]c(Sc2ccc(N)c3ccncc23)n1. The van der Waals surface area contributed by atoms with Crippen LogP contribution in [0.3, 0.4) is 0 Å². The first kappa shape index (κ1) is 12.5. The van der Waals surface area contributed by atoms with Crippen LogP contribution in [0.25, 0.3) is 10.8 Å². The fourth-order valence-electron chi connectivity index (χ4n) is 1.88. The van der Waals surface area contributed by atoms with E-state index in [1.165, 1.54) is 17.8 Å². The van der Waals surface area contributed by atoms with Crippen LogP contribution in [0.2, 0.25) is 0 Å². The van der Waals surface area contributed by atoms with Gasteiger partial charge in [-0.15, -0.1) is 0 Å². The number of hydrogen-bond acceptors (Lipinski definition) is 6. The molecule has 0 bridgehead atoms. The summed E-state index contributed by atoms with van der Waals surface area (Å²) < 4.78 is 0. The molecule has 3 aromatic rings. The molecule has 100 valence electrons. The molecule has 2 heterocycles. The summed E-state index contributed by atoms with van der Waals surface area (Å²) >= 11 is 1.31. The molecular formula is C13H11N5OS. The lowest BCUT2D eigenvalue weighted by Gasteiger charge is -2.07. The highest BCUT2D eigenvalue weighted by molar-refractivity contribution is 7.99. The number of fused-ring (bicyclic) bond motifs is 1. The Hall–Kier alpha value is -2.54. The number of H-pyrrole nitrogens is 1. The second-order valence-electron chi connectivity index (χ2n) is 4.15. The van der Waals surface area contributed by atoms with Gasteiger partial charge in [0.1, 0.15) is 5.82 Å². The predicted octanol–water partition coefficient (Wildman–Crippen LogP) is 1.63. The molecule has 0 atom stereocenters. The van der Waals surface area contributed by atoms with E-state index >= 15 is 0 Å². The van der Waals surface area contributed by atoms with Gasteiger partial charge in [-0.3, -0.25) is 9.78 Å². The zero-order valence-electron chi connectivity index (χ0n) is 10.3. The Morgan fingerprint density at radius 2 is 2.00 bits per heavy atom. The number of aromatic nitrogens is 3. The standard InChI is InChI=1S/C13H11N5OS/c14-9-1-2-10(8-6-16-4-3-7(8)9)20-13-17-11(15)5-12(19)18-13/h1-6H,14H2,(H3,15,17,18,19). The van der Waals surface area contributed by atoms with E-state index in [1.807, 2.05) is 18.2 Å². The molecule has 20 heavy (non-hydrogen) atoms. The molecule has 0 aliphatic rings. The molecule has 0 saturated heterocycles. The zero-order chi connectivity index (χ0) is 14.1. The van der Waals surface area contributed by atoms with Crippen molar-refractivity contribution in [1.82, 2.24) is 15.0 Å². The number of rotatable bonds is 2. The van der Waals surface area contributed by atoms with Gasteiger partial charge in [0.2, 0.25) is 0 Å². The second-order valence-corrected chi connectivity index (χ2v) is 5.18. The van der Waals surface area contributed by atoms with Gasteiger partial charge in [-0.25, -0.2) is 4.98 Å². The maximum absolute atomic E-state index is 11.4. The van der Waals surface area contributed by atoms with Crippen LogP contribution < -0.4 is 17.0 Å². The third-order valence-electron chi connectivity index (χ3n) is 2.76. The number of anilines is 2. The molecule has 0 fully saturated rings. The first-order valence-corrected chi connectivity index (χ1v) is 6.62. The Balaban J connectivity index is 2.11. The Labute approximate surface area is 118 Å². The lowest BCUT2D eigenvalue weighted by Crippen LogP contribution is -2.09. The number of nitrogens with zero attached hydrogens (tertiary/aromatic N) is 2. The predicted molar refractivity (Wildman–Crippen MR) is 79.5 cm³/mol. The maximum atomic E-state index is 11.4. The van der Waals surface area contributed by atoms with Crippen LogP contribution in [0.15, 0.2) is 51.5 Å². The third kappa shape index (κ3) is 2.30. The van der Waals surface area contributed by atoms with E-state index in [0.717, 1.165) is 15.7 Å². The largest absolute Gasteiger partial charge is 0.398 e. The monoisotopic (exact) mass is 285 g/mol. The van der Waals surface area contributed by atoms with Crippen molar-refractivity contribution in [2.75, 3.05) is 11.5 Å². The first-order valence-electron chi connectivity index (χ1n) is 5.80. The molecule has 6 nitrogen and oxygen atoms in total. The average Bonchev–Trinajstić information content (AvgIpc) is 2.41. The van der Waals surface area contributed by atoms with E-state index in [4.69, 9.17) is 11.5 Å². The Morgan fingerprint density at radius 1 is 1.15 bits per heavy atom. The number of nitrogens with one attached hydrogen (secondary N) is 1. The molecule has 0 saturated carbocycles. The van der Waals surface area contributed by atoms with Crippen LogP contribution >= 0.6 is 11.8 Å². The Bertz CT molecular complexity index is 846. The van der Waals surface area contributed by atoms with Crippen LogP contribution in [0.1, 0.15) is 0 Å². The molecule has 1 aromatic carbocycles. The summed E-state index contributed by atoms with van der Waals surface area (Å²) in [5.41, 5.74) is 11.9. The van der Waals surface area contributed by atoms with Crippen molar-refractivity contribution in [2.45, 2.75) is 10.1 Å². The van der Waals surface area contributed by atoms with Crippen LogP contribution in [-0.2, 0) is 0 Å². The van der Waals surface area contributed by atoms with Crippen molar-refractivity contribution in [1.29, 1.82) is 0 Å². The Morgan fingerprint density at radius 3 is 2.80 bits per heavy atom. The normalized spacial score (nSPS) is 10.8. The van der Waals surface area contributed by atoms with Crippen LogP contribution in [-0.4, -0.2) is 15.0 Å². The van der Waals surface area contributed by atoms with Crippen molar-refractivity contribution < 1.29 is 0 Å². The minimum Gasteiger partial charge on any atom is -0.398 e. The molecule has 2 aromatic heterocycles. The van der Waals surface area contributed by atoms with E-state index in [9.17, 15) is 4.79 Å². The molecule has 0 spiro atoms. The van der Waals surface area contributed by atoms with Gasteiger partial charge >= 0.3 is 0 Å². The summed E-state index contributed by atoms with van der Waals surface area (Å²) in [6.07, 6.45) is 3.42. The summed E-state index contributed by atoms with van der Waals surface area (Å²) in [7, 11) is 0. The summed E-state index contributed by atoms with van der Waals surface area (Å²) in [5, 5.41) is 2.25. The number of pyridine rings is 1. The lowest BCUT2D eigenvalue weighted by atomic mass is 10.1. The summed E-state index contributed by atoms with van der Waals surface area (Å²) in [4.78, 5) is 23.1. The number of nitrogen functional groups attached to an aromatic ring is 2. The van der Waals surface area contributed by atoms with Crippen LogP contribution in [0.5, 0.6) is 0 Å². The van der Waals surface area contributed by atoms with Crippen molar-refractivity contribution in [3.8, 4) is 0 Å². The van der Waals surface area contributed by atoms with Gasteiger partial charge in [0, 0.05) is 39.8 Å². The molecule has 5 N–H and O–H groups in total. The maximum Gasteiger partial charge on any atom is 0.253 e. The summed E-state index contributed by atoms with van der Waals surface area (Å²) in [5.74, 6) is 0.189. The van der Waals surface area contributed by atoms with E-state index in [2.05, 4.69) is 15.0 Å². The van der Waals surface area contributed by atoms with Crippen LogP contribution in [0, 0.1) is 0 Å². The van der Waals surface area contributed by atoms with Gasteiger partial charge in [-0.2, -0.15) is 0 Å². The highest BCUT2D eigenvalue weighted by Crippen LogP contribution is 2.33. The molecule has 0 aliphatic heterocycles. The van der Waals surface area contributed by atoms with Gasteiger partial charge in [0.15, 0.2) is 5.16 Å². The molecule has 3 rings (SSSR count). The molecule has 0 aliphatic carbocycles. The first-order chi connectivity index (χ1) is 9.63. The highest BCUT2D eigenvalue weighted by atomic mass is 32.2. The van der Waals surface area contributed by atoms with Crippen molar-refractivity contribution in [3.05, 3.63) is 47.0 Å². The topological polar surface area (TPSA) is 111 Å². The molecule has 0 unspecified atom stereocenters. The third-order valence-corrected chi connectivity index (χ3v) is 3.72. The summed E-state index contributed by atoms with van der Waals surface area (Å²) in [6, 6.07) is 6.78. The van der Waals surface area contributed by atoms with Crippen LogP contribution in [0.4, 0.5) is 11.5 Å². The minimum absolute atomic E-state index is 0.189. The van der Waals surface area contributed by atoms with Gasteiger partial charge in [-0.05, 0) is 18.2 Å². The minimum atomic E-state index is -0.280. The smallest absolute Gasteiger partial charge is 0.253 e. The van der Waals surface area contributed by atoms with Gasteiger partial charge in [-0.1, -0.05) is 11.8 Å². The van der Waals surface area contributed by atoms with Crippen molar-refractivity contribution in [3.63, 3.8) is 0 Å². The number of aromatic amines is 1. The van der Waals surface area contributed by atoms with Gasteiger partial charge in [0.05, 0.1) is 0 Å². The van der Waals surface area contributed by atoms with Gasteiger partial charge < -0.3 is 16.5 Å². The highest BCUT2D eigenvalue weighted by Gasteiger charge is 2.08. The average molecular weight is 285 g/mol. The number of benzene rings is 1. The molecule has 0 amide bonds. The molecule has 0 radical (unpaired) electrons. The fraction of sp³-hybridized carbons (Fsp3) is 0. The number of nitrogens with two attached hydrogens (primary N) is 2. The van der Waals surface area contributed by atoms with Gasteiger partial charge in [0.25, 0.3) is 5.56 Å². The molecule has 7 heteroatoms. The summed E-state index contributed by atoms with van der Waals surface area (Å²) in [6.45, 7) is 0. The lowest BCUT2D eigenvalue weighted by molar-refractivity contribution is 0.946. The quantitative estimate of drug-likeness (QED) is 0.487. The van der Waals surface area contributed by atoms with E-state index < -0.39 is 0 Å². The van der Waals surface area contributed by atoms with Crippen molar-refractivity contribution >= 4 is 34.0 Å².